The van der Waals surface area contributed by atoms with E-state index in [0.29, 0.717) is 43.4 Å². The predicted molar refractivity (Wildman–Crippen MR) is 112 cm³/mol. The number of amides is 2. The summed E-state index contributed by atoms with van der Waals surface area (Å²) in [7, 11) is 0. The van der Waals surface area contributed by atoms with Crippen LogP contribution in [0.4, 0.5) is 5.69 Å². The zero-order valence-electron chi connectivity index (χ0n) is 16.4. The molecule has 0 saturated heterocycles. The van der Waals surface area contributed by atoms with Crippen LogP contribution in [0.25, 0.3) is 0 Å². The molecule has 7 nitrogen and oxygen atoms in total. The molecular weight excluding hydrogens is 390 g/mol. The van der Waals surface area contributed by atoms with E-state index in [4.69, 9.17) is 14.7 Å². The minimum Gasteiger partial charge on any atom is -0.490 e. The maximum atomic E-state index is 12.0. The third kappa shape index (κ3) is 7.05. The molecule has 2 N–H and O–H groups in total. The van der Waals surface area contributed by atoms with Crippen LogP contribution in [0.2, 0.25) is 0 Å². The summed E-state index contributed by atoms with van der Waals surface area (Å²) in [5, 5.41) is 15.7. The first-order valence-corrected chi connectivity index (χ1v) is 10.0. The van der Waals surface area contributed by atoms with Gasteiger partial charge in [0.1, 0.15) is 5.40 Å². The lowest BCUT2D eigenvalue weighted by Crippen LogP contribution is -2.36. The number of rotatable bonds is 9. The summed E-state index contributed by atoms with van der Waals surface area (Å²) >= 11 is 1.02. The van der Waals surface area contributed by atoms with Gasteiger partial charge in [-0.3, -0.25) is 9.59 Å². The standard InChI is InChI=1S/C21H23N3O4S/c1-3-27-18-10-5-15(13-19(18)28-4-2)11-12-23-20(25)21(26)24-16-6-8-17(9-7-16)29-14-22/h5-10,13H,3-4,11-12H2,1-2H3,(H,23,25)(H,24,26). The van der Waals surface area contributed by atoms with E-state index in [1.54, 1.807) is 24.3 Å². The second-order valence-electron chi connectivity index (χ2n) is 5.82. The minimum absolute atomic E-state index is 0.309. The predicted octanol–water partition coefficient (Wildman–Crippen LogP) is 3.35. The van der Waals surface area contributed by atoms with Gasteiger partial charge in [-0.15, -0.1) is 0 Å². The van der Waals surface area contributed by atoms with Crippen molar-refractivity contribution in [2.24, 2.45) is 0 Å². The van der Waals surface area contributed by atoms with Crippen molar-refractivity contribution in [1.82, 2.24) is 5.32 Å². The Morgan fingerprint density at radius 3 is 2.34 bits per heavy atom. The fourth-order valence-electron chi connectivity index (χ4n) is 2.50. The third-order valence-electron chi connectivity index (χ3n) is 3.79. The van der Waals surface area contributed by atoms with E-state index < -0.39 is 11.8 Å². The molecule has 0 saturated carbocycles. The van der Waals surface area contributed by atoms with Crippen LogP contribution in [-0.4, -0.2) is 31.6 Å². The van der Waals surface area contributed by atoms with Crippen molar-refractivity contribution in [3.8, 4) is 16.9 Å². The molecule has 0 aliphatic heterocycles. The van der Waals surface area contributed by atoms with Crippen molar-refractivity contribution >= 4 is 29.3 Å². The van der Waals surface area contributed by atoms with Crippen molar-refractivity contribution in [1.29, 1.82) is 5.26 Å². The van der Waals surface area contributed by atoms with E-state index in [-0.39, 0.29) is 0 Å². The Morgan fingerprint density at radius 1 is 1.00 bits per heavy atom. The smallest absolute Gasteiger partial charge is 0.313 e. The molecule has 8 heteroatoms. The number of carbonyl (C=O) groups excluding carboxylic acids is 2. The summed E-state index contributed by atoms with van der Waals surface area (Å²) in [5.74, 6) is -0.113. The summed E-state index contributed by atoms with van der Waals surface area (Å²) in [6.07, 6.45) is 0.547. The summed E-state index contributed by atoms with van der Waals surface area (Å²) in [6, 6.07) is 12.3. The largest absolute Gasteiger partial charge is 0.490 e. The van der Waals surface area contributed by atoms with Crippen molar-refractivity contribution < 1.29 is 19.1 Å². The van der Waals surface area contributed by atoms with Gasteiger partial charge in [-0.05, 0) is 74.0 Å². The fraction of sp³-hybridized carbons (Fsp3) is 0.286. The van der Waals surface area contributed by atoms with Gasteiger partial charge in [0.25, 0.3) is 0 Å². The van der Waals surface area contributed by atoms with Crippen molar-refractivity contribution in [2.75, 3.05) is 25.1 Å². The number of carbonyl (C=O) groups is 2. The molecule has 0 radical (unpaired) electrons. The molecule has 0 atom stereocenters. The second kappa shape index (κ2) is 11.6. The van der Waals surface area contributed by atoms with Crippen LogP contribution in [0.3, 0.4) is 0 Å². The number of thiocyanates is 1. The number of anilines is 1. The van der Waals surface area contributed by atoms with Gasteiger partial charge in [0.2, 0.25) is 0 Å². The average Bonchev–Trinajstić information content (AvgIpc) is 2.71. The molecule has 2 amide bonds. The Kier molecular flexibility index (Phi) is 8.86. The van der Waals surface area contributed by atoms with Crippen molar-refractivity contribution in [3.63, 3.8) is 0 Å². The molecule has 2 rings (SSSR count). The molecule has 0 aliphatic rings. The fourth-order valence-corrected chi connectivity index (χ4v) is 2.88. The molecule has 0 aromatic heterocycles. The number of thioether (sulfide) groups is 1. The van der Waals surface area contributed by atoms with Crippen LogP contribution in [0, 0.1) is 10.7 Å². The van der Waals surface area contributed by atoms with Gasteiger partial charge in [0.15, 0.2) is 11.5 Å². The molecule has 0 aliphatic carbocycles. The van der Waals surface area contributed by atoms with E-state index in [2.05, 4.69) is 10.6 Å². The Bertz CT molecular complexity index is 878. The van der Waals surface area contributed by atoms with Crippen LogP contribution in [0.1, 0.15) is 19.4 Å². The Morgan fingerprint density at radius 2 is 1.69 bits per heavy atom. The summed E-state index contributed by atoms with van der Waals surface area (Å²) in [5.41, 5.74) is 1.45. The quantitative estimate of drug-likeness (QED) is 0.371. The molecule has 2 aromatic rings. The summed E-state index contributed by atoms with van der Waals surface area (Å²) in [6.45, 7) is 5.19. The normalized spacial score (nSPS) is 9.97. The van der Waals surface area contributed by atoms with Gasteiger partial charge in [0.05, 0.1) is 13.2 Å². The lowest BCUT2D eigenvalue weighted by atomic mass is 10.1. The molecule has 0 unspecified atom stereocenters. The highest BCUT2D eigenvalue weighted by Gasteiger charge is 2.13. The summed E-state index contributed by atoms with van der Waals surface area (Å²) in [4.78, 5) is 24.8. The molecule has 0 fully saturated rings. The van der Waals surface area contributed by atoms with E-state index in [1.807, 2.05) is 37.4 Å². The average molecular weight is 413 g/mol. The number of ether oxygens (including phenoxy) is 2. The number of nitrogens with one attached hydrogen (secondary N) is 2. The zero-order valence-corrected chi connectivity index (χ0v) is 17.2. The van der Waals surface area contributed by atoms with Gasteiger partial charge in [-0.25, -0.2) is 0 Å². The highest BCUT2D eigenvalue weighted by molar-refractivity contribution is 8.03. The maximum Gasteiger partial charge on any atom is 0.313 e. The first-order valence-electron chi connectivity index (χ1n) is 9.21. The monoisotopic (exact) mass is 413 g/mol. The lowest BCUT2D eigenvalue weighted by molar-refractivity contribution is -0.136. The zero-order chi connectivity index (χ0) is 21.1. The highest BCUT2D eigenvalue weighted by atomic mass is 32.2. The van der Waals surface area contributed by atoms with Gasteiger partial charge >= 0.3 is 11.8 Å². The van der Waals surface area contributed by atoms with Crippen molar-refractivity contribution in [2.45, 2.75) is 25.2 Å². The van der Waals surface area contributed by atoms with Crippen molar-refractivity contribution in [3.05, 3.63) is 48.0 Å². The maximum absolute atomic E-state index is 12.0. The van der Waals surface area contributed by atoms with Crippen LogP contribution in [0.5, 0.6) is 11.5 Å². The Labute approximate surface area is 174 Å². The minimum atomic E-state index is -0.743. The third-order valence-corrected chi connectivity index (χ3v) is 4.39. The van der Waals surface area contributed by atoms with Crippen LogP contribution in [-0.2, 0) is 16.0 Å². The lowest BCUT2D eigenvalue weighted by Gasteiger charge is -2.12. The summed E-state index contributed by atoms with van der Waals surface area (Å²) < 4.78 is 11.1. The number of hydrogen-bond acceptors (Lipinski definition) is 6. The van der Waals surface area contributed by atoms with Crippen LogP contribution in [0.15, 0.2) is 47.4 Å². The Balaban J connectivity index is 1.84. The number of nitrogens with zero attached hydrogens (tertiary/aromatic N) is 1. The van der Waals surface area contributed by atoms with Crippen LogP contribution < -0.4 is 20.1 Å². The molecule has 152 valence electrons. The van der Waals surface area contributed by atoms with E-state index in [0.717, 1.165) is 22.2 Å². The van der Waals surface area contributed by atoms with Gasteiger partial charge in [-0.1, -0.05) is 6.07 Å². The molecule has 0 spiro atoms. The highest BCUT2D eigenvalue weighted by Crippen LogP contribution is 2.28. The number of benzene rings is 2. The first-order chi connectivity index (χ1) is 14.1. The number of hydrogen-bond donors (Lipinski definition) is 2. The topological polar surface area (TPSA) is 100 Å². The number of nitriles is 1. The molecule has 0 bridgehead atoms. The SMILES string of the molecule is CCOc1ccc(CCNC(=O)C(=O)Nc2ccc(SC#N)cc2)cc1OCC. The van der Waals surface area contributed by atoms with Gasteiger partial charge < -0.3 is 20.1 Å². The van der Waals surface area contributed by atoms with E-state index in [1.165, 1.54) is 0 Å². The van der Waals surface area contributed by atoms with Gasteiger partial charge in [-0.2, -0.15) is 5.26 Å². The molecular formula is C21H23N3O4S. The molecule has 2 aromatic carbocycles. The molecule has 0 heterocycles. The van der Waals surface area contributed by atoms with Gasteiger partial charge in [0, 0.05) is 17.1 Å². The Hall–Kier alpha value is -3.18. The molecule has 29 heavy (non-hydrogen) atoms. The van der Waals surface area contributed by atoms with Crippen LogP contribution >= 0.6 is 11.8 Å². The second-order valence-corrected chi connectivity index (χ2v) is 6.68. The van der Waals surface area contributed by atoms with E-state index >= 15 is 0 Å². The van der Waals surface area contributed by atoms with E-state index in [9.17, 15) is 9.59 Å². The first kappa shape index (κ1) is 22.1.